The summed E-state index contributed by atoms with van der Waals surface area (Å²) in [6, 6.07) is 31.3. The lowest BCUT2D eigenvalue weighted by molar-refractivity contribution is 0.318. The van der Waals surface area contributed by atoms with E-state index in [1.54, 1.807) is 19.1 Å². The molecule has 0 saturated heterocycles. The van der Waals surface area contributed by atoms with E-state index < -0.39 is 0 Å². The molecular weight excluding hydrogens is 442 g/mol. The molecule has 4 rings (SSSR count). The number of hydrogen-bond donors (Lipinski definition) is 0. The number of benzene rings is 3. The van der Waals surface area contributed by atoms with Crippen molar-refractivity contribution < 1.29 is 4.74 Å². The Bertz CT molecular complexity index is 1400. The van der Waals surface area contributed by atoms with Gasteiger partial charge in [-0.05, 0) is 79.1 Å². The van der Waals surface area contributed by atoms with E-state index in [9.17, 15) is 10.5 Å². The summed E-state index contributed by atoms with van der Waals surface area (Å²) in [7, 11) is 0. The molecule has 1 aliphatic heterocycles. The van der Waals surface area contributed by atoms with Crippen LogP contribution in [-0.2, 0) is 11.2 Å². The molecule has 36 heavy (non-hydrogen) atoms. The fraction of sp³-hybridized carbons (Fsp3) is 0.125. The molecule has 0 saturated carbocycles. The summed E-state index contributed by atoms with van der Waals surface area (Å²) in [5.41, 5.74) is 6.24. The third kappa shape index (κ3) is 5.81. The third-order valence-electron chi connectivity index (χ3n) is 5.79. The van der Waals surface area contributed by atoms with Crippen LogP contribution in [0.1, 0.15) is 31.4 Å². The Morgan fingerprint density at radius 3 is 2.03 bits per heavy atom. The molecule has 0 atom stereocenters. The summed E-state index contributed by atoms with van der Waals surface area (Å²) in [6.07, 6.45) is 9.41. The van der Waals surface area contributed by atoms with Crippen molar-refractivity contribution >= 4 is 23.1 Å². The number of para-hydroxylation sites is 1. The lowest BCUT2D eigenvalue weighted by atomic mass is 10.1. The van der Waals surface area contributed by atoms with Crippen molar-refractivity contribution in [2.45, 2.75) is 26.7 Å². The molecule has 3 aromatic rings. The minimum Gasteiger partial charge on any atom is -0.462 e. The van der Waals surface area contributed by atoms with Crippen LogP contribution >= 0.6 is 0 Å². The van der Waals surface area contributed by atoms with Gasteiger partial charge in [0.25, 0.3) is 0 Å². The molecule has 0 bridgehead atoms. The first kappa shape index (κ1) is 24.3. The molecular formula is C32H27N3O. The molecule has 1 aliphatic rings. The number of nitriles is 2. The van der Waals surface area contributed by atoms with Gasteiger partial charge in [0.05, 0.1) is 0 Å². The molecule has 4 heteroatoms. The van der Waals surface area contributed by atoms with E-state index in [0.29, 0.717) is 17.1 Å². The van der Waals surface area contributed by atoms with E-state index in [4.69, 9.17) is 4.74 Å². The van der Waals surface area contributed by atoms with Crippen LogP contribution in [0.2, 0.25) is 0 Å². The Morgan fingerprint density at radius 2 is 1.42 bits per heavy atom. The highest BCUT2D eigenvalue weighted by atomic mass is 16.5. The minimum atomic E-state index is 0.0663. The number of rotatable bonds is 7. The van der Waals surface area contributed by atoms with Crippen LogP contribution in [0.25, 0.3) is 6.08 Å². The van der Waals surface area contributed by atoms with E-state index >= 15 is 0 Å². The molecule has 176 valence electrons. The maximum Gasteiger partial charge on any atom is 0.137 e. The predicted octanol–water partition coefficient (Wildman–Crippen LogP) is 8.28. The van der Waals surface area contributed by atoms with Gasteiger partial charge < -0.3 is 9.64 Å². The van der Waals surface area contributed by atoms with Crippen LogP contribution in [0.15, 0.2) is 120 Å². The zero-order chi connectivity index (χ0) is 25.3. The molecule has 0 fully saturated rings. The van der Waals surface area contributed by atoms with Crippen molar-refractivity contribution in [3.8, 4) is 12.1 Å². The first-order valence-corrected chi connectivity index (χ1v) is 12.0. The zero-order valence-corrected chi connectivity index (χ0v) is 20.5. The second-order valence-electron chi connectivity index (χ2n) is 8.47. The van der Waals surface area contributed by atoms with Gasteiger partial charge in [-0.1, -0.05) is 61.9 Å². The van der Waals surface area contributed by atoms with Crippen molar-refractivity contribution in [2.24, 2.45) is 0 Å². The van der Waals surface area contributed by atoms with Gasteiger partial charge in [-0.2, -0.15) is 10.5 Å². The topological polar surface area (TPSA) is 60.0 Å². The highest BCUT2D eigenvalue weighted by Crippen LogP contribution is 2.34. The quantitative estimate of drug-likeness (QED) is 0.327. The number of nitrogens with zero attached hydrogens (tertiary/aromatic N) is 3. The molecule has 1 heterocycles. The van der Waals surface area contributed by atoms with E-state index in [1.165, 1.54) is 5.56 Å². The Balaban J connectivity index is 1.60. The molecule has 0 aromatic heterocycles. The van der Waals surface area contributed by atoms with Crippen molar-refractivity contribution in [1.29, 1.82) is 10.5 Å². The summed E-state index contributed by atoms with van der Waals surface area (Å²) in [6.45, 7) is 4.00. The molecule has 3 aromatic carbocycles. The smallest absolute Gasteiger partial charge is 0.137 e. The number of allylic oxidation sites excluding steroid dienone is 6. The minimum absolute atomic E-state index is 0.0663. The van der Waals surface area contributed by atoms with Gasteiger partial charge in [-0.25, -0.2) is 0 Å². The summed E-state index contributed by atoms with van der Waals surface area (Å²) >= 11 is 0. The molecule has 0 N–H and O–H groups in total. The largest absolute Gasteiger partial charge is 0.462 e. The Kier molecular flexibility index (Phi) is 7.81. The number of ether oxygens (including phenoxy) is 1. The third-order valence-corrected chi connectivity index (χ3v) is 5.79. The Hall–Kier alpha value is -4.80. The molecule has 0 radical (unpaired) electrons. The SMILES string of the molecule is CCCc1ccc(N(c2ccccc2)c2ccc(/C=C/C3=CC(=C(C#N)C#N)C=C(C)O3)cc2)cc1. The number of aryl methyl sites for hydroxylation is 1. The van der Waals surface area contributed by atoms with Crippen LogP contribution in [0.3, 0.4) is 0 Å². The lowest BCUT2D eigenvalue weighted by Gasteiger charge is -2.25. The normalized spacial score (nSPS) is 12.7. The van der Waals surface area contributed by atoms with E-state index in [1.807, 2.05) is 42.5 Å². The van der Waals surface area contributed by atoms with Crippen LogP contribution in [0.5, 0.6) is 0 Å². The maximum atomic E-state index is 9.18. The summed E-state index contributed by atoms with van der Waals surface area (Å²) in [5.74, 6) is 1.21. The fourth-order valence-corrected chi connectivity index (χ4v) is 4.08. The highest BCUT2D eigenvalue weighted by Gasteiger charge is 2.13. The van der Waals surface area contributed by atoms with Crippen LogP contribution in [0, 0.1) is 22.7 Å². The second-order valence-corrected chi connectivity index (χ2v) is 8.47. The Morgan fingerprint density at radius 1 is 0.806 bits per heavy atom. The zero-order valence-electron chi connectivity index (χ0n) is 20.5. The number of anilines is 3. The molecule has 0 aliphatic carbocycles. The average molecular weight is 470 g/mol. The molecule has 4 nitrogen and oxygen atoms in total. The van der Waals surface area contributed by atoms with Gasteiger partial charge in [-0.15, -0.1) is 0 Å². The fourth-order valence-electron chi connectivity index (χ4n) is 4.08. The van der Waals surface area contributed by atoms with E-state index in [0.717, 1.165) is 35.5 Å². The number of hydrogen-bond acceptors (Lipinski definition) is 4. The maximum absolute atomic E-state index is 9.18. The van der Waals surface area contributed by atoms with Crippen molar-refractivity contribution in [1.82, 2.24) is 0 Å². The second kappa shape index (κ2) is 11.6. The summed E-state index contributed by atoms with van der Waals surface area (Å²) in [4.78, 5) is 2.24. The molecule has 0 spiro atoms. The van der Waals surface area contributed by atoms with Gasteiger partial charge in [0.2, 0.25) is 0 Å². The van der Waals surface area contributed by atoms with Gasteiger partial charge >= 0.3 is 0 Å². The summed E-state index contributed by atoms with van der Waals surface area (Å²) in [5, 5.41) is 18.4. The monoisotopic (exact) mass is 469 g/mol. The van der Waals surface area contributed by atoms with Crippen molar-refractivity contribution in [3.05, 3.63) is 131 Å². The first-order chi connectivity index (χ1) is 17.6. The van der Waals surface area contributed by atoms with Gasteiger partial charge in [0.1, 0.15) is 29.2 Å². The van der Waals surface area contributed by atoms with Gasteiger partial charge in [0.15, 0.2) is 0 Å². The van der Waals surface area contributed by atoms with Crippen molar-refractivity contribution in [2.75, 3.05) is 4.90 Å². The van der Waals surface area contributed by atoms with Crippen molar-refractivity contribution in [3.63, 3.8) is 0 Å². The summed E-state index contributed by atoms with van der Waals surface area (Å²) < 4.78 is 5.76. The van der Waals surface area contributed by atoms with E-state index in [-0.39, 0.29) is 5.57 Å². The van der Waals surface area contributed by atoms with Crippen LogP contribution in [-0.4, -0.2) is 0 Å². The lowest BCUT2D eigenvalue weighted by Crippen LogP contribution is -2.09. The van der Waals surface area contributed by atoms with E-state index in [2.05, 4.69) is 72.5 Å². The van der Waals surface area contributed by atoms with Gasteiger partial charge in [-0.3, -0.25) is 0 Å². The highest BCUT2D eigenvalue weighted by molar-refractivity contribution is 5.77. The molecule has 0 unspecified atom stereocenters. The standard InChI is InChI=1S/C32H27N3O/c1-3-7-25-10-15-30(16-11-25)35(29-8-5-4-6-9-29)31-17-12-26(13-18-31)14-19-32-21-27(20-24(2)36-32)28(22-33)23-34/h4-6,8-21H,3,7H2,1-2H3/b19-14+. The predicted molar refractivity (Wildman–Crippen MR) is 145 cm³/mol. The van der Waals surface area contributed by atoms with Crippen LogP contribution in [0.4, 0.5) is 17.1 Å². The van der Waals surface area contributed by atoms with Crippen LogP contribution < -0.4 is 4.90 Å². The average Bonchev–Trinajstić information content (AvgIpc) is 2.91. The first-order valence-electron chi connectivity index (χ1n) is 12.0. The molecule has 0 amide bonds. The van der Waals surface area contributed by atoms with Gasteiger partial charge in [0, 0.05) is 22.6 Å². The Labute approximate surface area is 213 Å².